The Balaban J connectivity index is 2.25. The van der Waals surface area contributed by atoms with Crippen LogP contribution in [0, 0.1) is 12.7 Å². The zero-order valence-electron chi connectivity index (χ0n) is 22.1. The van der Waals surface area contributed by atoms with Crippen LogP contribution in [-0.4, -0.2) is 50.0 Å². The molecule has 0 aliphatic carbocycles. The van der Waals surface area contributed by atoms with Gasteiger partial charge in [-0.1, -0.05) is 43.6 Å². The van der Waals surface area contributed by atoms with Crippen LogP contribution in [0.5, 0.6) is 0 Å². The van der Waals surface area contributed by atoms with Crippen LogP contribution < -0.4 is 9.62 Å². The predicted molar refractivity (Wildman–Crippen MR) is 147 cm³/mol. The molecular weight excluding hydrogens is 517 g/mol. The molecule has 0 unspecified atom stereocenters. The quantitative estimate of drug-likeness (QED) is 0.376. The van der Waals surface area contributed by atoms with E-state index in [9.17, 15) is 22.4 Å². The number of halogens is 2. The van der Waals surface area contributed by atoms with Crippen molar-refractivity contribution in [2.75, 3.05) is 17.1 Å². The predicted octanol–water partition coefficient (Wildman–Crippen LogP) is 5.06. The van der Waals surface area contributed by atoms with Gasteiger partial charge in [-0.05, 0) is 68.5 Å². The first-order valence-corrected chi connectivity index (χ1v) is 14.7. The second-order valence-electron chi connectivity index (χ2n) is 9.26. The van der Waals surface area contributed by atoms with Crippen molar-refractivity contribution in [1.29, 1.82) is 0 Å². The number of nitrogens with zero attached hydrogens (tertiary/aromatic N) is 2. The minimum Gasteiger partial charge on any atom is -0.352 e. The van der Waals surface area contributed by atoms with E-state index in [0.717, 1.165) is 18.2 Å². The van der Waals surface area contributed by atoms with Gasteiger partial charge in [-0.2, -0.15) is 0 Å². The second-order valence-corrected chi connectivity index (χ2v) is 11.6. The molecule has 10 heteroatoms. The molecule has 2 aromatic rings. The summed E-state index contributed by atoms with van der Waals surface area (Å²) in [5.74, 6) is -0.924. The third kappa shape index (κ3) is 9.00. The highest BCUT2D eigenvalue weighted by atomic mass is 35.5. The minimum atomic E-state index is -3.63. The smallest absolute Gasteiger partial charge is 0.243 e. The Morgan fingerprint density at radius 2 is 1.73 bits per heavy atom. The molecule has 2 aromatic carbocycles. The van der Waals surface area contributed by atoms with Gasteiger partial charge in [0.15, 0.2) is 0 Å². The fourth-order valence-electron chi connectivity index (χ4n) is 3.98. The molecule has 7 nitrogen and oxygen atoms in total. The summed E-state index contributed by atoms with van der Waals surface area (Å²) >= 11 is 6.11. The lowest BCUT2D eigenvalue weighted by molar-refractivity contribution is -0.141. The van der Waals surface area contributed by atoms with Gasteiger partial charge in [0.1, 0.15) is 11.9 Å². The summed E-state index contributed by atoms with van der Waals surface area (Å²) in [6.45, 7) is 7.69. The van der Waals surface area contributed by atoms with Gasteiger partial charge in [0.2, 0.25) is 21.8 Å². The van der Waals surface area contributed by atoms with Crippen LogP contribution >= 0.6 is 11.6 Å². The summed E-state index contributed by atoms with van der Waals surface area (Å²) in [5, 5.41) is 3.36. The summed E-state index contributed by atoms with van der Waals surface area (Å²) in [6.07, 6.45) is 2.52. The summed E-state index contributed by atoms with van der Waals surface area (Å²) in [6, 6.07) is 10.1. The van der Waals surface area contributed by atoms with E-state index < -0.39 is 16.1 Å². The Morgan fingerprint density at radius 3 is 2.30 bits per heavy atom. The molecule has 1 N–H and O–H groups in total. The van der Waals surface area contributed by atoms with Crippen LogP contribution in [0.25, 0.3) is 0 Å². The maximum atomic E-state index is 13.4. The van der Waals surface area contributed by atoms with Gasteiger partial charge < -0.3 is 10.2 Å². The first-order valence-electron chi connectivity index (χ1n) is 12.5. The van der Waals surface area contributed by atoms with Gasteiger partial charge in [-0.3, -0.25) is 13.9 Å². The monoisotopic (exact) mass is 553 g/mol. The molecule has 204 valence electrons. The molecular formula is C27H37ClFN3O4S. The molecule has 0 heterocycles. The fourth-order valence-corrected chi connectivity index (χ4v) is 5.16. The molecule has 0 aliphatic rings. The van der Waals surface area contributed by atoms with Crippen LogP contribution in [0.1, 0.15) is 57.6 Å². The Kier molecular flexibility index (Phi) is 11.4. The van der Waals surface area contributed by atoms with Crippen molar-refractivity contribution in [2.24, 2.45) is 0 Å². The molecule has 2 atom stereocenters. The van der Waals surface area contributed by atoms with Crippen LogP contribution in [0.3, 0.4) is 0 Å². The van der Waals surface area contributed by atoms with E-state index in [1.807, 2.05) is 20.8 Å². The summed E-state index contributed by atoms with van der Waals surface area (Å²) < 4.78 is 39.8. The summed E-state index contributed by atoms with van der Waals surface area (Å²) in [7, 11) is -3.63. The maximum absolute atomic E-state index is 13.4. The van der Waals surface area contributed by atoms with Crippen LogP contribution in [-0.2, 0) is 26.2 Å². The van der Waals surface area contributed by atoms with Crippen LogP contribution in [0.4, 0.5) is 10.1 Å². The molecule has 0 spiro atoms. The highest BCUT2D eigenvalue weighted by Gasteiger charge is 2.29. The van der Waals surface area contributed by atoms with E-state index in [4.69, 9.17) is 11.6 Å². The number of amides is 2. The Morgan fingerprint density at radius 1 is 1.08 bits per heavy atom. The minimum absolute atomic E-state index is 0.0277. The number of carbonyl (C=O) groups excluding carboxylic acids is 2. The molecule has 2 amide bonds. The van der Waals surface area contributed by atoms with Crippen LogP contribution in [0.2, 0.25) is 5.02 Å². The van der Waals surface area contributed by atoms with E-state index in [1.54, 1.807) is 37.3 Å². The molecule has 0 bridgehead atoms. The van der Waals surface area contributed by atoms with Gasteiger partial charge >= 0.3 is 0 Å². The molecule has 37 heavy (non-hydrogen) atoms. The molecule has 0 saturated carbocycles. The van der Waals surface area contributed by atoms with Crippen molar-refractivity contribution in [2.45, 2.75) is 72.0 Å². The van der Waals surface area contributed by atoms with Crippen molar-refractivity contribution in [3.05, 3.63) is 64.4 Å². The number of aryl methyl sites for hydroxylation is 1. The topological polar surface area (TPSA) is 86.8 Å². The molecule has 0 aromatic heterocycles. The van der Waals surface area contributed by atoms with Crippen molar-refractivity contribution >= 4 is 39.1 Å². The van der Waals surface area contributed by atoms with E-state index in [0.29, 0.717) is 22.7 Å². The van der Waals surface area contributed by atoms with Gasteiger partial charge in [-0.15, -0.1) is 0 Å². The number of sulfonamides is 1. The highest BCUT2D eigenvalue weighted by Crippen LogP contribution is 2.27. The van der Waals surface area contributed by atoms with Crippen molar-refractivity contribution < 1.29 is 22.4 Å². The standard InChI is InChI=1S/C27H37ClFN3O4S/c1-6-20(4)30-27(34)24(7-2)31(18-21-11-14-23(29)15-12-21)26(33)9-8-16-32(37(5,35)36)25-17-22(28)13-10-19(25)3/h10-15,17,20,24H,6-9,16,18H2,1-5H3,(H,30,34)/t20-,24-/m0/s1. The van der Waals surface area contributed by atoms with E-state index in [-0.39, 0.29) is 49.6 Å². The SMILES string of the molecule is CC[C@H](C)NC(=O)[C@H](CC)N(Cc1ccc(F)cc1)C(=O)CCCN(c1cc(Cl)ccc1C)S(C)(=O)=O. The van der Waals surface area contributed by atoms with Crippen LogP contribution in [0.15, 0.2) is 42.5 Å². The number of anilines is 1. The third-order valence-corrected chi connectivity index (χ3v) is 7.66. The molecule has 0 saturated heterocycles. The normalized spacial score (nSPS) is 13.1. The summed E-state index contributed by atoms with van der Waals surface area (Å²) in [4.78, 5) is 28.0. The Hall–Kier alpha value is -2.65. The number of hydrogen-bond acceptors (Lipinski definition) is 4. The van der Waals surface area contributed by atoms with Crippen molar-refractivity contribution in [3.8, 4) is 0 Å². The van der Waals surface area contributed by atoms with Gasteiger partial charge in [0, 0.05) is 30.6 Å². The number of carbonyl (C=O) groups is 2. The summed E-state index contributed by atoms with van der Waals surface area (Å²) in [5.41, 5.74) is 1.90. The Labute approximate surface area is 225 Å². The van der Waals surface area contributed by atoms with E-state index >= 15 is 0 Å². The van der Waals surface area contributed by atoms with Gasteiger partial charge in [0.05, 0.1) is 11.9 Å². The average molecular weight is 554 g/mol. The maximum Gasteiger partial charge on any atom is 0.243 e. The third-order valence-electron chi connectivity index (χ3n) is 6.25. The first-order chi connectivity index (χ1) is 17.4. The highest BCUT2D eigenvalue weighted by molar-refractivity contribution is 7.92. The zero-order valence-corrected chi connectivity index (χ0v) is 23.7. The Bertz CT molecular complexity index is 1170. The lowest BCUT2D eigenvalue weighted by Gasteiger charge is -2.32. The number of hydrogen-bond donors (Lipinski definition) is 1. The average Bonchev–Trinajstić information content (AvgIpc) is 2.83. The molecule has 2 rings (SSSR count). The molecule has 0 fully saturated rings. The largest absolute Gasteiger partial charge is 0.352 e. The van der Waals surface area contributed by atoms with Gasteiger partial charge in [0.25, 0.3) is 0 Å². The van der Waals surface area contributed by atoms with Crippen molar-refractivity contribution in [1.82, 2.24) is 10.2 Å². The fraction of sp³-hybridized carbons (Fsp3) is 0.481. The number of rotatable bonds is 13. The molecule has 0 radical (unpaired) electrons. The number of nitrogens with one attached hydrogen (secondary N) is 1. The zero-order chi connectivity index (χ0) is 27.8. The van der Waals surface area contributed by atoms with Gasteiger partial charge in [-0.25, -0.2) is 12.8 Å². The first kappa shape index (κ1) is 30.6. The van der Waals surface area contributed by atoms with E-state index in [2.05, 4.69) is 5.32 Å². The lowest BCUT2D eigenvalue weighted by atomic mass is 10.1. The molecule has 0 aliphatic heterocycles. The number of benzene rings is 2. The lowest BCUT2D eigenvalue weighted by Crippen LogP contribution is -2.50. The second kappa shape index (κ2) is 13.8. The van der Waals surface area contributed by atoms with Crippen molar-refractivity contribution in [3.63, 3.8) is 0 Å². The van der Waals surface area contributed by atoms with E-state index in [1.165, 1.54) is 21.3 Å².